The van der Waals surface area contributed by atoms with Crippen molar-refractivity contribution in [2.75, 3.05) is 41.7 Å². The summed E-state index contributed by atoms with van der Waals surface area (Å²) >= 11 is 21.0. The Morgan fingerprint density at radius 2 is 1.17 bits per heavy atom. The lowest BCUT2D eigenvalue weighted by Crippen LogP contribution is -2.19. The van der Waals surface area contributed by atoms with Crippen molar-refractivity contribution in [1.29, 1.82) is 0 Å². The molecule has 12 nitrogen and oxygen atoms in total. The van der Waals surface area contributed by atoms with Crippen molar-refractivity contribution in [1.82, 2.24) is 35.2 Å². The summed E-state index contributed by atoms with van der Waals surface area (Å²) in [5.74, 6) is 3.39. The van der Waals surface area contributed by atoms with Crippen molar-refractivity contribution in [2.45, 2.75) is 66.2 Å². The van der Waals surface area contributed by atoms with Gasteiger partial charge in [0.05, 0.1) is 22.1 Å². The molecule has 0 radical (unpaired) electrons. The lowest BCUT2D eigenvalue weighted by Gasteiger charge is -2.17. The molecule has 0 aliphatic carbocycles. The number of halogens is 3. The Morgan fingerprint density at radius 3 is 1.63 bits per heavy atom. The van der Waals surface area contributed by atoms with E-state index < -0.39 is 0 Å². The molecule has 6 aromatic rings. The van der Waals surface area contributed by atoms with Crippen molar-refractivity contribution < 1.29 is 9.59 Å². The maximum Gasteiger partial charge on any atom is 0.188 e. The van der Waals surface area contributed by atoms with Crippen molar-refractivity contribution in [3.05, 3.63) is 120 Å². The molecule has 2 saturated heterocycles. The number of nitrogens with zero attached hydrogens (tertiary/aromatic N) is 7. The molecule has 4 aromatic heterocycles. The zero-order valence-electron chi connectivity index (χ0n) is 33.2. The topological polar surface area (TPSA) is 151 Å². The molecular weight excluding hydrogens is 847 g/mol. The number of aromatic nitrogens is 6. The molecule has 0 saturated carbocycles. The summed E-state index contributed by atoms with van der Waals surface area (Å²) in [5.41, 5.74) is 3.72. The summed E-state index contributed by atoms with van der Waals surface area (Å²) in [6.07, 6.45) is 8.82. The number of thiazole rings is 2. The minimum Gasteiger partial charge on any atom is -0.356 e. The first-order valence-electron chi connectivity index (χ1n) is 19.2. The predicted octanol–water partition coefficient (Wildman–Crippen LogP) is 10.4. The highest BCUT2D eigenvalue weighted by molar-refractivity contribution is 7.17. The van der Waals surface area contributed by atoms with Gasteiger partial charge in [-0.3, -0.25) is 9.59 Å². The van der Waals surface area contributed by atoms with Crippen LogP contribution in [0.1, 0.15) is 78.9 Å². The number of ketones is 2. The van der Waals surface area contributed by atoms with E-state index >= 15 is 0 Å². The van der Waals surface area contributed by atoms with E-state index in [9.17, 15) is 9.59 Å². The highest BCUT2D eigenvalue weighted by Gasteiger charge is 2.18. The molecular formula is C42H45Cl3N10O2S2. The summed E-state index contributed by atoms with van der Waals surface area (Å²) in [6.45, 7) is 12.1. The quantitative estimate of drug-likeness (QED) is 0.0839. The second-order valence-corrected chi connectivity index (χ2v) is 17.3. The van der Waals surface area contributed by atoms with E-state index in [-0.39, 0.29) is 24.4 Å². The summed E-state index contributed by atoms with van der Waals surface area (Å²) in [7, 11) is 0. The Labute approximate surface area is 367 Å². The average Bonchev–Trinajstić information content (AvgIpc) is 4.04. The number of benzene rings is 2. The molecule has 308 valence electrons. The number of nitrogens with one attached hydrogen (secondary N) is 3. The monoisotopic (exact) mass is 890 g/mol. The standard InChI is InChI=1S/C21H22ClN5OS.C17H14Cl2N4OS.C4H9N/c1-13-6-5-7-16(22)15(13)10-17(28)18-12-23-21(29-18)26-19-11-20(25-14(2)24-19)27-8-3-4-9-27;1-9-4-3-5-12(18)11(9)6-13(24)14-8-20-17(25-14)23-16-7-15(19)21-10(2)22-16;1-2-4-5-3-1/h5-7,11-12H,3-4,8-10H2,1-2H3,(H,23,24,25,26);3-5,7-8H,6H2,1-2H3,(H,20,21,22,23);5H,1-4H2. The first kappa shape index (κ1) is 44.0. The maximum absolute atomic E-state index is 12.7. The Balaban J connectivity index is 0.000000179. The molecule has 0 atom stereocenters. The number of hydrogen-bond donors (Lipinski definition) is 3. The van der Waals surface area contributed by atoms with Gasteiger partial charge in [0.2, 0.25) is 0 Å². The first-order valence-corrected chi connectivity index (χ1v) is 22.0. The van der Waals surface area contributed by atoms with Crippen LogP contribution >= 0.6 is 57.5 Å². The molecule has 59 heavy (non-hydrogen) atoms. The van der Waals surface area contributed by atoms with E-state index in [2.05, 4.69) is 50.8 Å². The number of carbonyl (C=O) groups excluding carboxylic acids is 2. The number of anilines is 5. The van der Waals surface area contributed by atoms with Crippen LogP contribution in [0.3, 0.4) is 0 Å². The molecule has 3 N–H and O–H groups in total. The zero-order valence-corrected chi connectivity index (χ0v) is 37.1. The summed E-state index contributed by atoms with van der Waals surface area (Å²) in [4.78, 5) is 54.5. The lowest BCUT2D eigenvalue weighted by molar-refractivity contribution is 0.0988. The fraction of sp³-hybridized carbons (Fsp3) is 0.333. The SMILES string of the molecule is C1CCNC1.Cc1nc(Cl)cc(Nc2ncc(C(=O)Cc3c(C)cccc3Cl)s2)n1.Cc1nc(Nc2ncc(C(=O)Cc3c(C)cccc3Cl)s2)cc(N2CCCC2)n1. The van der Waals surface area contributed by atoms with Gasteiger partial charge in [-0.2, -0.15) is 0 Å². The fourth-order valence-electron chi connectivity index (χ4n) is 6.36. The Kier molecular flexibility index (Phi) is 15.7. The van der Waals surface area contributed by atoms with E-state index in [1.165, 1.54) is 61.4 Å². The van der Waals surface area contributed by atoms with Crippen LogP contribution in [0.2, 0.25) is 15.2 Å². The van der Waals surface area contributed by atoms with Gasteiger partial charge < -0.3 is 20.9 Å². The van der Waals surface area contributed by atoms with Gasteiger partial charge in [0.1, 0.15) is 34.3 Å². The normalized spacial score (nSPS) is 13.3. The van der Waals surface area contributed by atoms with E-state index in [4.69, 9.17) is 34.8 Å². The largest absolute Gasteiger partial charge is 0.356 e. The van der Waals surface area contributed by atoms with Gasteiger partial charge in [0.15, 0.2) is 21.8 Å². The van der Waals surface area contributed by atoms with Gasteiger partial charge in [-0.15, -0.1) is 0 Å². The molecule has 0 amide bonds. The van der Waals surface area contributed by atoms with E-state index in [0.29, 0.717) is 58.5 Å². The van der Waals surface area contributed by atoms with Gasteiger partial charge in [-0.25, -0.2) is 29.9 Å². The molecule has 2 fully saturated rings. The number of hydrogen-bond acceptors (Lipinski definition) is 14. The van der Waals surface area contributed by atoms with Crippen LogP contribution in [-0.2, 0) is 12.8 Å². The van der Waals surface area contributed by atoms with Crippen molar-refractivity contribution in [3.63, 3.8) is 0 Å². The van der Waals surface area contributed by atoms with Crippen LogP contribution in [0.5, 0.6) is 0 Å². The predicted molar refractivity (Wildman–Crippen MR) is 241 cm³/mol. The molecule has 0 unspecified atom stereocenters. The summed E-state index contributed by atoms with van der Waals surface area (Å²) < 4.78 is 0. The number of carbonyl (C=O) groups is 2. The first-order chi connectivity index (χ1) is 28.4. The molecule has 0 bridgehead atoms. The smallest absolute Gasteiger partial charge is 0.188 e. The van der Waals surface area contributed by atoms with Crippen LogP contribution in [0.15, 0.2) is 60.9 Å². The number of rotatable bonds is 11. The van der Waals surface area contributed by atoms with Crippen LogP contribution in [0.4, 0.5) is 27.7 Å². The maximum atomic E-state index is 12.7. The van der Waals surface area contributed by atoms with Gasteiger partial charge in [-0.05, 0) is 101 Å². The number of aryl methyl sites for hydroxylation is 4. The van der Waals surface area contributed by atoms with Gasteiger partial charge in [0, 0.05) is 48.1 Å². The summed E-state index contributed by atoms with van der Waals surface area (Å²) in [6, 6.07) is 14.8. The van der Waals surface area contributed by atoms with Crippen molar-refractivity contribution in [2.24, 2.45) is 0 Å². The van der Waals surface area contributed by atoms with Gasteiger partial charge in [0.25, 0.3) is 0 Å². The van der Waals surface area contributed by atoms with Crippen molar-refractivity contribution >= 4 is 96.8 Å². The minimum atomic E-state index is -0.0290. The van der Waals surface area contributed by atoms with E-state index in [0.717, 1.165) is 41.2 Å². The molecule has 2 aliphatic heterocycles. The molecule has 0 spiro atoms. The average molecular weight is 892 g/mol. The summed E-state index contributed by atoms with van der Waals surface area (Å²) in [5, 5.41) is 12.2. The van der Waals surface area contributed by atoms with Crippen LogP contribution in [-0.4, -0.2) is 67.6 Å². The van der Waals surface area contributed by atoms with E-state index in [1.807, 2.05) is 57.2 Å². The van der Waals surface area contributed by atoms with Crippen molar-refractivity contribution in [3.8, 4) is 0 Å². The highest BCUT2D eigenvalue weighted by Crippen LogP contribution is 2.29. The second-order valence-electron chi connectivity index (χ2n) is 14.0. The van der Waals surface area contributed by atoms with E-state index in [1.54, 1.807) is 31.5 Å². The second kappa shape index (κ2) is 21.1. The Bertz CT molecular complexity index is 2330. The lowest BCUT2D eigenvalue weighted by atomic mass is 10.0. The minimum absolute atomic E-state index is 0.00312. The molecule has 8 rings (SSSR count). The van der Waals surface area contributed by atoms with Crippen LogP contribution in [0.25, 0.3) is 0 Å². The highest BCUT2D eigenvalue weighted by atomic mass is 35.5. The number of Topliss-reactive ketones (excluding diaryl/α,β-unsaturated/α-hetero) is 2. The third kappa shape index (κ3) is 12.7. The van der Waals surface area contributed by atoms with Crippen LogP contribution < -0.4 is 20.9 Å². The molecule has 2 aliphatic rings. The fourth-order valence-corrected chi connectivity index (χ4v) is 8.69. The van der Waals surface area contributed by atoms with Gasteiger partial charge in [-0.1, -0.05) is 81.7 Å². The molecule has 17 heteroatoms. The van der Waals surface area contributed by atoms with Crippen LogP contribution in [0, 0.1) is 27.7 Å². The zero-order chi connectivity index (χ0) is 41.9. The molecule has 6 heterocycles. The molecule has 2 aromatic carbocycles. The third-order valence-corrected chi connectivity index (χ3v) is 12.2. The van der Waals surface area contributed by atoms with Gasteiger partial charge >= 0.3 is 0 Å². The Hall–Kier alpha value is -4.57. The Morgan fingerprint density at radius 1 is 0.678 bits per heavy atom. The third-order valence-electron chi connectivity index (χ3n) is 9.43.